The lowest BCUT2D eigenvalue weighted by Gasteiger charge is -2.29. The van der Waals surface area contributed by atoms with E-state index >= 15 is 0 Å². The molecule has 1 aliphatic carbocycles. The maximum Gasteiger partial charge on any atom is 0.425 e. The molecule has 0 spiro atoms. The molecule has 0 saturated heterocycles. The Balaban J connectivity index is 2.00. The number of aryl methyl sites for hydroxylation is 1. The van der Waals surface area contributed by atoms with Gasteiger partial charge < -0.3 is 15.2 Å². The molecule has 0 fully saturated rings. The number of amides is 2. The first kappa shape index (κ1) is 25.7. The van der Waals surface area contributed by atoms with Gasteiger partial charge >= 0.3 is 12.2 Å². The van der Waals surface area contributed by atoms with Crippen LogP contribution in [0.25, 0.3) is 6.08 Å². The third-order valence-corrected chi connectivity index (χ3v) is 5.63. The van der Waals surface area contributed by atoms with Crippen LogP contribution >= 0.6 is 15.9 Å². The molecule has 1 aliphatic rings. The number of fused-ring (bicyclic) bond motifs is 1. The summed E-state index contributed by atoms with van der Waals surface area (Å²) in [6.07, 6.45) is 7.60. The van der Waals surface area contributed by atoms with E-state index in [2.05, 4.69) is 31.6 Å². The molecule has 0 radical (unpaired) electrons. The first-order valence-electron chi connectivity index (χ1n) is 11.1. The number of rotatable bonds is 3. The van der Waals surface area contributed by atoms with Crippen LogP contribution in [0.2, 0.25) is 0 Å². The van der Waals surface area contributed by atoms with Crippen molar-refractivity contribution in [1.82, 2.24) is 4.98 Å². The number of hydrogen-bond donors (Lipinski definition) is 1. The lowest BCUT2D eigenvalue weighted by molar-refractivity contribution is -0.689. The fourth-order valence-electron chi connectivity index (χ4n) is 3.41. The van der Waals surface area contributed by atoms with E-state index in [0.717, 1.165) is 28.9 Å². The molecule has 8 nitrogen and oxygen atoms in total. The zero-order valence-electron chi connectivity index (χ0n) is 20.5. The van der Waals surface area contributed by atoms with Crippen molar-refractivity contribution in [3.05, 3.63) is 51.9 Å². The number of carbonyl (C=O) groups is 2. The van der Waals surface area contributed by atoms with Crippen LogP contribution in [-0.2, 0) is 22.4 Å². The average molecular weight is 532 g/mol. The molecule has 0 unspecified atom stereocenters. The highest BCUT2D eigenvalue weighted by molar-refractivity contribution is 9.10. The monoisotopic (exact) mass is 531 g/mol. The van der Waals surface area contributed by atoms with Gasteiger partial charge in [-0.1, -0.05) is 0 Å². The number of ether oxygens (including phenoxy) is 2. The standard InChI is InChI=1S/C25H31BrN4O4/c1-24(2,3)33-22(31)30(23(32)34-25(4,5)6)21-20(26)19-13-16(7-8-17(19)14-28-21)15-29-11-9-18(27)10-12-29/h9-14,27H,7-8,15H2,1-6H3/p+1. The summed E-state index contributed by atoms with van der Waals surface area (Å²) in [4.78, 5) is 31.4. The average Bonchev–Trinajstić information content (AvgIpc) is 2.69. The van der Waals surface area contributed by atoms with Crippen molar-refractivity contribution < 1.29 is 23.6 Å². The predicted molar refractivity (Wildman–Crippen MR) is 134 cm³/mol. The van der Waals surface area contributed by atoms with Crippen LogP contribution < -0.4 is 15.2 Å². The molecular formula is C25H32BrN4O4+. The molecular weight excluding hydrogens is 500 g/mol. The Morgan fingerprint density at radius 3 is 2.15 bits per heavy atom. The highest BCUT2D eigenvalue weighted by Gasteiger charge is 2.36. The van der Waals surface area contributed by atoms with Crippen molar-refractivity contribution in [2.75, 3.05) is 10.6 Å². The second kappa shape index (κ2) is 9.74. The number of nitrogens with two attached hydrogens (primary N) is 1. The van der Waals surface area contributed by atoms with E-state index < -0.39 is 23.4 Å². The topological polar surface area (TPSA) is 98.6 Å². The summed E-state index contributed by atoms with van der Waals surface area (Å²) in [5.41, 5.74) is 7.99. The van der Waals surface area contributed by atoms with Crippen LogP contribution in [0.15, 0.2) is 40.8 Å². The summed E-state index contributed by atoms with van der Waals surface area (Å²) in [5, 5.41) is 0. The number of allylic oxidation sites excluding steroid dienone is 1. The van der Waals surface area contributed by atoms with Crippen molar-refractivity contribution in [3.63, 3.8) is 0 Å². The first-order valence-corrected chi connectivity index (χ1v) is 11.9. The number of nitrogens with zero attached hydrogens (tertiary/aromatic N) is 3. The Kier molecular flexibility index (Phi) is 7.35. The summed E-state index contributed by atoms with van der Waals surface area (Å²) in [7, 11) is 0. The third-order valence-electron chi connectivity index (χ3n) is 4.85. The predicted octanol–water partition coefficient (Wildman–Crippen LogP) is 5.42. The third kappa shape index (κ3) is 6.56. The second-order valence-corrected chi connectivity index (χ2v) is 11.0. The van der Waals surface area contributed by atoms with Crippen molar-refractivity contribution in [2.45, 2.75) is 72.1 Å². The van der Waals surface area contributed by atoms with E-state index in [-0.39, 0.29) is 5.82 Å². The Hall–Kier alpha value is -2.94. The zero-order valence-corrected chi connectivity index (χ0v) is 22.1. The van der Waals surface area contributed by atoms with E-state index in [0.29, 0.717) is 16.7 Å². The maximum atomic E-state index is 13.1. The van der Waals surface area contributed by atoms with Gasteiger partial charge in [0.05, 0.1) is 4.47 Å². The highest BCUT2D eigenvalue weighted by atomic mass is 79.9. The Labute approximate surface area is 208 Å². The molecule has 0 aliphatic heterocycles. The van der Waals surface area contributed by atoms with Crippen LogP contribution in [0.1, 0.15) is 59.1 Å². The van der Waals surface area contributed by atoms with Gasteiger partial charge in [-0.3, -0.25) is 0 Å². The largest absolute Gasteiger partial charge is 0.443 e. The number of nitrogen functional groups attached to an aromatic ring is 1. The number of anilines is 2. The van der Waals surface area contributed by atoms with Crippen molar-refractivity contribution in [1.29, 1.82) is 0 Å². The summed E-state index contributed by atoms with van der Waals surface area (Å²) in [5.74, 6) is 0.125. The summed E-state index contributed by atoms with van der Waals surface area (Å²) in [6.45, 7) is 11.1. The van der Waals surface area contributed by atoms with Crippen LogP contribution in [0.3, 0.4) is 0 Å². The van der Waals surface area contributed by atoms with Crippen molar-refractivity contribution >= 4 is 45.7 Å². The van der Waals surface area contributed by atoms with Gasteiger partial charge in [0.1, 0.15) is 11.2 Å². The zero-order chi connectivity index (χ0) is 25.3. The van der Waals surface area contributed by atoms with E-state index in [1.807, 2.05) is 24.5 Å². The van der Waals surface area contributed by atoms with Crippen LogP contribution in [0, 0.1) is 0 Å². The van der Waals surface area contributed by atoms with Gasteiger partial charge in [-0.2, -0.15) is 4.90 Å². The number of aromatic nitrogens is 2. The lowest BCUT2D eigenvalue weighted by atomic mass is 9.93. The fraction of sp³-hybridized carbons (Fsp3) is 0.440. The van der Waals surface area contributed by atoms with Crippen LogP contribution in [0.4, 0.5) is 21.1 Å². The second-order valence-electron chi connectivity index (χ2n) is 10.2. The van der Waals surface area contributed by atoms with Gasteiger partial charge in [0, 0.05) is 24.0 Å². The molecule has 2 N–H and O–H groups in total. The molecule has 0 saturated carbocycles. The van der Waals surface area contributed by atoms with E-state index in [1.54, 1.807) is 47.7 Å². The maximum absolute atomic E-state index is 13.1. The lowest BCUT2D eigenvalue weighted by Crippen LogP contribution is -2.44. The number of halogens is 1. The summed E-state index contributed by atoms with van der Waals surface area (Å²) < 4.78 is 13.6. The fourth-order valence-corrected chi connectivity index (χ4v) is 4.05. The molecule has 0 atom stereocenters. The van der Waals surface area contributed by atoms with E-state index in [9.17, 15) is 9.59 Å². The molecule has 2 aromatic rings. The number of carbonyl (C=O) groups excluding carboxylic acids is 2. The highest BCUT2D eigenvalue weighted by Crippen LogP contribution is 2.36. The Bertz CT molecular complexity index is 1090. The van der Waals surface area contributed by atoms with Gasteiger partial charge in [-0.05, 0) is 93.1 Å². The molecule has 2 aromatic heterocycles. The minimum absolute atomic E-state index is 0.125. The molecule has 9 heteroatoms. The summed E-state index contributed by atoms with van der Waals surface area (Å²) in [6, 6.07) is 3.71. The minimum Gasteiger partial charge on any atom is -0.443 e. The molecule has 2 amide bonds. The SMILES string of the molecule is CC(C)(C)OC(=O)N(C(=O)OC(C)(C)C)c1ncc2c(c1Br)C=C(C[n+]1ccc(N)cc1)CC2. The van der Waals surface area contributed by atoms with Crippen molar-refractivity contribution in [3.8, 4) is 0 Å². The number of imide groups is 1. The van der Waals surface area contributed by atoms with Gasteiger partial charge in [0.25, 0.3) is 0 Å². The first-order chi connectivity index (χ1) is 15.7. The van der Waals surface area contributed by atoms with Crippen molar-refractivity contribution in [2.24, 2.45) is 0 Å². The Morgan fingerprint density at radius 2 is 1.62 bits per heavy atom. The molecule has 0 bridgehead atoms. The Morgan fingerprint density at radius 1 is 1.06 bits per heavy atom. The molecule has 2 heterocycles. The number of pyridine rings is 2. The van der Waals surface area contributed by atoms with Gasteiger partial charge in [0.15, 0.2) is 24.8 Å². The number of hydrogen-bond acceptors (Lipinski definition) is 6. The van der Waals surface area contributed by atoms with Crippen LogP contribution in [0.5, 0.6) is 0 Å². The van der Waals surface area contributed by atoms with Gasteiger partial charge in [-0.25, -0.2) is 19.1 Å². The molecule has 0 aromatic carbocycles. The van der Waals surface area contributed by atoms with Crippen LogP contribution in [-0.4, -0.2) is 28.4 Å². The molecule has 3 rings (SSSR count). The normalized spacial score (nSPS) is 13.6. The van der Waals surface area contributed by atoms with Gasteiger partial charge in [-0.15, -0.1) is 0 Å². The minimum atomic E-state index is -0.854. The quantitative estimate of drug-likeness (QED) is 0.530. The summed E-state index contributed by atoms with van der Waals surface area (Å²) >= 11 is 3.60. The smallest absolute Gasteiger partial charge is 0.425 e. The van der Waals surface area contributed by atoms with E-state index in [1.165, 1.54) is 5.57 Å². The molecule has 34 heavy (non-hydrogen) atoms. The molecule has 182 valence electrons. The van der Waals surface area contributed by atoms with E-state index in [4.69, 9.17) is 15.2 Å². The van der Waals surface area contributed by atoms with Gasteiger partial charge in [0.2, 0.25) is 0 Å².